The number of nitrogens with one attached hydrogen (secondary N) is 1. The molecule has 2 aromatic rings. The Morgan fingerprint density at radius 2 is 2.10 bits per heavy atom. The van der Waals surface area contributed by atoms with Crippen LogP contribution in [0.25, 0.3) is 11.3 Å². The number of rotatable bonds is 7. The lowest BCUT2D eigenvalue weighted by atomic mass is 9.83. The summed E-state index contributed by atoms with van der Waals surface area (Å²) in [4.78, 5) is 0. The minimum absolute atomic E-state index is 0.0130. The van der Waals surface area contributed by atoms with E-state index in [2.05, 4.69) is 9.88 Å². The molecular weight excluding hydrogens is 409 g/mol. The molecule has 6 nitrogen and oxygen atoms in total. The molecule has 10 heteroatoms. The number of sulfonamides is 1. The molecule has 1 saturated carbocycles. The number of benzene rings is 1. The average molecular weight is 432 g/mol. The average Bonchev–Trinajstić information content (AvgIpc) is 3.07. The van der Waals surface area contributed by atoms with Crippen LogP contribution in [-0.4, -0.2) is 37.9 Å². The lowest BCUT2D eigenvalue weighted by Gasteiger charge is -2.36. The fourth-order valence-electron chi connectivity index (χ4n) is 3.36. The van der Waals surface area contributed by atoms with E-state index in [4.69, 9.17) is 9.26 Å². The van der Waals surface area contributed by atoms with Crippen molar-refractivity contribution in [3.05, 3.63) is 35.8 Å². The van der Waals surface area contributed by atoms with Crippen LogP contribution in [0.1, 0.15) is 31.9 Å². The van der Waals surface area contributed by atoms with Gasteiger partial charge in [0.1, 0.15) is 23.0 Å². The second-order valence-corrected chi connectivity index (χ2v) is 9.30. The van der Waals surface area contributed by atoms with Gasteiger partial charge in [-0.15, -0.1) is 0 Å². The van der Waals surface area contributed by atoms with Crippen LogP contribution in [0.4, 0.5) is 13.2 Å². The monoisotopic (exact) mass is 432 g/mol. The van der Waals surface area contributed by atoms with Crippen LogP contribution in [-0.2, 0) is 10.0 Å². The second kappa shape index (κ2) is 8.35. The zero-order valence-electron chi connectivity index (χ0n) is 16.1. The Labute approximate surface area is 167 Å². The predicted molar refractivity (Wildman–Crippen MR) is 101 cm³/mol. The zero-order chi connectivity index (χ0) is 21.2. The number of aryl methyl sites for hydroxylation is 1. The lowest BCUT2D eigenvalue weighted by Crippen LogP contribution is -2.48. The van der Waals surface area contributed by atoms with Crippen LogP contribution in [0.5, 0.6) is 5.75 Å². The molecular formula is C19H23F3N2O4S. The largest absolute Gasteiger partial charge is 0.493 e. The molecule has 1 heterocycles. The van der Waals surface area contributed by atoms with Crippen molar-refractivity contribution in [3.63, 3.8) is 0 Å². The van der Waals surface area contributed by atoms with E-state index in [1.807, 2.05) is 0 Å². The number of halogens is 3. The Balaban J connectivity index is 1.71. The summed E-state index contributed by atoms with van der Waals surface area (Å²) in [6.45, 7) is 3.01. The summed E-state index contributed by atoms with van der Waals surface area (Å²) in [6.07, 6.45) is -0.872. The highest BCUT2D eigenvalue weighted by Crippen LogP contribution is 2.37. The van der Waals surface area contributed by atoms with Crippen molar-refractivity contribution in [2.24, 2.45) is 5.92 Å². The van der Waals surface area contributed by atoms with E-state index in [0.717, 1.165) is 6.07 Å². The Kier molecular flexibility index (Phi) is 6.23. The second-order valence-electron chi connectivity index (χ2n) is 7.26. The third kappa shape index (κ3) is 5.51. The molecule has 1 aliphatic carbocycles. The molecule has 1 N–H and O–H groups in total. The summed E-state index contributed by atoms with van der Waals surface area (Å²) in [6, 6.07) is 5.06. The third-order valence-corrected chi connectivity index (χ3v) is 6.39. The van der Waals surface area contributed by atoms with Gasteiger partial charge in [0.05, 0.1) is 12.4 Å². The molecule has 3 rings (SSSR count). The summed E-state index contributed by atoms with van der Waals surface area (Å²) in [5.41, 5.74) is 0.569. The van der Waals surface area contributed by atoms with Crippen molar-refractivity contribution >= 4 is 10.0 Å². The van der Waals surface area contributed by atoms with Gasteiger partial charge in [0.2, 0.25) is 15.9 Å². The Hall–Kier alpha value is -2.07. The van der Waals surface area contributed by atoms with Crippen molar-refractivity contribution in [2.75, 3.05) is 12.4 Å². The Bertz CT molecular complexity index is 962. The summed E-state index contributed by atoms with van der Waals surface area (Å²) in [5, 5.41) is 3.76. The van der Waals surface area contributed by atoms with Gasteiger partial charge in [-0.1, -0.05) is 5.16 Å². The van der Waals surface area contributed by atoms with Gasteiger partial charge in [-0.25, -0.2) is 26.3 Å². The SMILES string of the molecule is CCS(=O)(=O)N[C@H]1CCC(F)(F)C[C@H]1COc1ccc(-c2cc(C)on2)c(F)c1. The van der Waals surface area contributed by atoms with Gasteiger partial charge in [0, 0.05) is 42.5 Å². The number of hydrogen-bond acceptors (Lipinski definition) is 5. The van der Waals surface area contributed by atoms with Gasteiger partial charge in [0.15, 0.2) is 0 Å². The molecule has 0 amide bonds. The maximum atomic E-state index is 14.4. The lowest BCUT2D eigenvalue weighted by molar-refractivity contribution is -0.0661. The minimum atomic E-state index is -3.54. The number of aromatic nitrogens is 1. The van der Waals surface area contributed by atoms with Gasteiger partial charge < -0.3 is 9.26 Å². The van der Waals surface area contributed by atoms with Crippen LogP contribution in [0.3, 0.4) is 0 Å². The zero-order valence-corrected chi connectivity index (χ0v) is 16.9. The molecule has 0 aliphatic heterocycles. The molecule has 0 spiro atoms. The molecule has 0 bridgehead atoms. The normalized spacial score (nSPS) is 21.8. The first-order valence-electron chi connectivity index (χ1n) is 9.32. The molecule has 1 fully saturated rings. The highest BCUT2D eigenvalue weighted by Gasteiger charge is 2.42. The predicted octanol–water partition coefficient (Wildman–Crippen LogP) is 3.91. The first-order valence-corrected chi connectivity index (χ1v) is 11.0. The highest BCUT2D eigenvalue weighted by molar-refractivity contribution is 7.89. The van der Waals surface area contributed by atoms with E-state index in [1.54, 1.807) is 13.0 Å². The van der Waals surface area contributed by atoms with Gasteiger partial charge in [-0.3, -0.25) is 0 Å². The fraction of sp³-hybridized carbons (Fsp3) is 0.526. The van der Waals surface area contributed by atoms with E-state index in [-0.39, 0.29) is 36.5 Å². The van der Waals surface area contributed by atoms with Crippen LogP contribution in [0.15, 0.2) is 28.8 Å². The number of alkyl halides is 2. The summed E-state index contributed by atoms with van der Waals surface area (Å²) in [7, 11) is -3.54. The third-order valence-electron chi connectivity index (χ3n) is 4.97. The standard InChI is InChI=1S/C19H23F3N2O4S/c1-3-29(25,26)24-17-6-7-19(21,22)10-13(17)11-27-14-4-5-15(16(20)9-14)18-8-12(2)28-23-18/h4-5,8-9,13,17,24H,3,6-7,10-11H2,1-2H3/t13-,17-/m0/s1. The van der Waals surface area contributed by atoms with Gasteiger partial charge >= 0.3 is 0 Å². The maximum absolute atomic E-state index is 14.4. The van der Waals surface area contributed by atoms with Crippen molar-refractivity contribution in [2.45, 2.75) is 45.1 Å². The molecule has 0 saturated heterocycles. The molecule has 0 unspecified atom stereocenters. The number of hydrogen-bond donors (Lipinski definition) is 1. The Morgan fingerprint density at radius 1 is 1.34 bits per heavy atom. The van der Waals surface area contributed by atoms with Gasteiger partial charge in [-0.2, -0.15) is 0 Å². The minimum Gasteiger partial charge on any atom is -0.493 e. The van der Waals surface area contributed by atoms with Gasteiger partial charge in [0.25, 0.3) is 0 Å². The molecule has 1 aromatic heterocycles. The summed E-state index contributed by atoms with van der Waals surface area (Å²) >= 11 is 0. The van der Waals surface area contributed by atoms with Crippen molar-refractivity contribution in [1.82, 2.24) is 9.88 Å². The molecule has 0 radical (unpaired) electrons. The fourth-order valence-corrected chi connectivity index (χ4v) is 4.30. The van der Waals surface area contributed by atoms with E-state index < -0.39 is 40.1 Å². The first kappa shape index (κ1) is 21.6. The molecule has 29 heavy (non-hydrogen) atoms. The van der Waals surface area contributed by atoms with Crippen LogP contribution in [0, 0.1) is 18.7 Å². The summed E-state index contributed by atoms with van der Waals surface area (Å²) in [5.74, 6) is -3.64. The van der Waals surface area contributed by atoms with E-state index in [9.17, 15) is 21.6 Å². The maximum Gasteiger partial charge on any atom is 0.248 e. The summed E-state index contributed by atoms with van der Waals surface area (Å²) < 4.78 is 78.8. The van der Waals surface area contributed by atoms with E-state index >= 15 is 0 Å². The van der Waals surface area contributed by atoms with E-state index in [1.165, 1.54) is 19.1 Å². The molecule has 1 aliphatic rings. The van der Waals surface area contributed by atoms with E-state index in [0.29, 0.717) is 11.5 Å². The smallest absolute Gasteiger partial charge is 0.248 e. The molecule has 1 aromatic carbocycles. The highest BCUT2D eigenvalue weighted by atomic mass is 32.2. The number of ether oxygens (including phenoxy) is 1. The van der Waals surface area contributed by atoms with Crippen LogP contribution >= 0.6 is 0 Å². The van der Waals surface area contributed by atoms with Crippen molar-refractivity contribution in [1.29, 1.82) is 0 Å². The molecule has 160 valence electrons. The Morgan fingerprint density at radius 3 is 2.72 bits per heavy atom. The first-order chi connectivity index (χ1) is 13.6. The molecule has 2 atom stereocenters. The van der Waals surface area contributed by atoms with Crippen molar-refractivity contribution < 1.29 is 30.8 Å². The van der Waals surface area contributed by atoms with Crippen molar-refractivity contribution in [3.8, 4) is 17.0 Å². The van der Waals surface area contributed by atoms with Crippen LogP contribution < -0.4 is 9.46 Å². The quantitative estimate of drug-likeness (QED) is 0.718. The van der Waals surface area contributed by atoms with Gasteiger partial charge in [-0.05, 0) is 32.4 Å². The number of nitrogens with zero attached hydrogens (tertiary/aromatic N) is 1. The van der Waals surface area contributed by atoms with Crippen LogP contribution in [0.2, 0.25) is 0 Å². The topological polar surface area (TPSA) is 81.4 Å².